The van der Waals surface area contributed by atoms with E-state index in [1.807, 2.05) is 6.07 Å². The first-order valence-electron chi connectivity index (χ1n) is 3.95. The molecular formula is C9H6N4O. The Hall–Kier alpha value is -2.35. The number of rotatable bonds is 1. The number of H-pyrrole nitrogens is 1. The molecule has 2 heterocycles. The van der Waals surface area contributed by atoms with E-state index in [1.54, 1.807) is 24.4 Å². The van der Waals surface area contributed by atoms with Crippen molar-refractivity contribution < 1.29 is 0 Å². The highest BCUT2D eigenvalue weighted by molar-refractivity contribution is 5.25. The Labute approximate surface area is 79.2 Å². The zero-order chi connectivity index (χ0) is 9.97. The lowest BCUT2D eigenvalue weighted by Crippen LogP contribution is -2.14. The van der Waals surface area contributed by atoms with E-state index in [1.165, 1.54) is 10.7 Å². The monoisotopic (exact) mass is 186 g/mol. The van der Waals surface area contributed by atoms with Gasteiger partial charge in [0.25, 0.3) is 5.56 Å². The number of nitriles is 1. The molecule has 0 fully saturated rings. The molecule has 0 atom stereocenters. The molecule has 0 saturated carbocycles. The zero-order valence-corrected chi connectivity index (χ0v) is 7.14. The molecule has 0 aromatic carbocycles. The molecule has 2 rings (SSSR count). The average Bonchev–Trinajstić information content (AvgIpc) is 2.61. The Bertz CT molecular complexity index is 532. The Kier molecular flexibility index (Phi) is 1.88. The number of aromatic amines is 1. The summed E-state index contributed by atoms with van der Waals surface area (Å²) in [6.45, 7) is 0. The van der Waals surface area contributed by atoms with E-state index in [-0.39, 0.29) is 11.3 Å². The van der Waals surface area contributed by atoms with Crippen LogP contribution in [0.5, 0.6) is 0 Å². The molecule has 0 spiro atoms. The second-order valence-corrected chi connectivity index (χ2v) is 2.64. The Morgan fingerprint density at radius 2 is 2.36 bits per heavy atom. The maximum absolute atomic E-state index is 11.3. The van der Waals surface area contributed by atoms with Crippen LogP contribution in [0.1, 0.15) is 5.69 Å². The summed E-state index contributed by atoms with van der Waals surface area (Å²) in [6.07, 6.45) is 1.58. The summed E-state index contributed by atoms with van der Waals surface area (Å²) in [5.74, 6) is 0.471. The predicted molar refractivity (Wildman–Crippen MR) is 48.9 cm³/mol. The molecular weight excluding hydrogens is 180 g/mol. The normalized spacial score (nSPS) is 9.64. The van der Waals surface area contributed by atoms with Crippen molar-refractivity contribution in [1.29, 1.82) is 5.26 Å². The van der Waals surface area contributed by atoms with Gasteiger partial charge in [-0.25, -0.2) is 9.67 Å². The van der Waals surface area contributed by atoms with Gasteiger partial charge in [-0.15, -0.1) is 0 Å². The minimum absolute atomic E-state index is 0.223. The summed E-state index contributed by atoms with van der Waals surface area (Å²) < 4.78 is 1.22. The largest absolute Gasteiger partial charge is 0.279 e. The van der Waals surface area contributed by atoms with E-state index < -0.39 is 0 Å². The predicted octanol–water partition coefficient (Wildman–Crippen LogP) is 0.432. The fourth-order valence-corrected chi connectivity index (χ4v) is 1.11. The number of aromatic nitrogens is 3. The molecule has 0 aliphatic carbocycles. The molecule has 2 aromatic heterocycles. The van der Waals surface area contributed by atoms with Gasteiger partial charge in [-0.1, -0.05) is 6.07 Å². The van der Waals surface area contributed by atoms with Gasteiger partial charge in [-0.05, 0) is 12.1 Å². The van der Waals surface area contributed by atoms with Gasteiger partial charge in [0.15, 0.2) is 5.82 Å². The molecule has 5 nitrogen and oxygen atoms in total. The smallest absolute Gasteiger partial charge is 0.273 e. The minimum Gasteiger partial charge on any atom is -0.279 e. The highest BCUT2D eigenvalue weighted by Gasteiger charge is 2.03. The molecule has 0 aliphatic rings. The van der Waals surface area contributed by atoms with Crippen molar-refractivity contribution in [3.8, 4) is 11.9 Å². The van der Waals surface area contributed by atoms with Gasteiger partial charge in [-0.2, -0.15) is 5.26 Å². The molecule has 68 valence electrons. The maximum atomic E-state index is 11.3. The number of pyridine rings is 1. The third-order valence-electron chi connectivity index (χ3n) is 1.72. The highest BCUT2D eigenvalue weighted by atomic mass is 16.1. The second-order valence-electron chi connectivity index (χ2n) is 2.64. The van der Waals surface area contributed by atoms with E-state index >= 15 is 0 Å². The summed E-state index contributed by atoms with van der Waals surface area (Å²) in [5.41, 5.74) is -0.0686. The third-order valence-corrected chi connectivity index (χ3v) is 1.72. The maximum Gasteiger partial charge on any atom is 0.273 e. The summed E-state index contributed by atoms with van der Waals surface area (Å²) in [4.78, 5) is 15.3. The average molecular weight is 186 g/mol. The fraction of sp³-hybridized carbons (Fsp3) is 0. The minimum atomic E-state index is -0.291. The molecule has 0 radical (unpaired) electrons. The first kappa shape index (κ1) is 8.26. The van der Waals surface area contributed by atoms with Crippen LogP contribution in [-0.4, -0.2) is 14.8 Å². The molecule has 1 N–H and O–H groups in total. The molecule has 0 aliphatic heterocycles. The van der Waals surface area contributed by atoms with Crippen molar-refractivity contribution in [2.75, 3.05) is 0 Å². The number of nitrogens with zero attached hydrogens (tertiary/aromatic N) is 3. The standard InChI is InChI=1S/C9H6N4O/c10-6-7-5-9(14)13(12-7)8-3-1-2-4-11-8/h1-5,12H. The van der Waals surface area contributed by atoms with Gasteiger partial charge in [0.05, 0.1) is 0 Å². The van der Waals surface area contributed by atoms with Gasteiger partial charge in [-0.3, -0.25) is 9.89 Å². The number of nitrogens with one attached hydrogen (secondary N) is 1. The van der Waals surface area contributed by atoms with Gasteiger partial charge >= 0.3 is 0 Å². The van der Waals surface area contributed by atoms with Crippen LogP contribution in [0.2, 0.25) is 0 Å². The van der Waals surface area contributed by atoms with E-state index in [2.05, 4.69) is 10.1 Å². The van der Waals surface area contributed by atoms with Crippen LogP contribution in [-0.2, 0) is 0 Å². The quantitative estimate of drug-likeness (QED) is 0.701. The van der Waals surface area contributed by atoms with E-state index in [4.69, 9.17) is 5.26 Å². The van der Waals surface area contributed by atoms with Crippen LogP contribution >= 0.6 is 0 Å². The third kappa shape index (κ3) is 1.29. The van der Waals surface area contributed by atoms with E-state index in [9.17, 15) is 4.79 Å². The lowest BCUT2D eigenvalue weighted by Gasteiger charge is -1.97. The molecule has 0 unspecified atom stereocenters. The number of hydrogen-bond acceptors (Lipinski definition) is 3. The van der Waals surface area contributed by atoms with Crippen molar-refractivity contribution in [3.05, 3.63) is 46.5 Å². The molecule has 2 aromatic rings. The van der Waals surface area contributed by atoms with Crippen molar-refractivity contribution in [2.45, 2.75) is 0 Å². The fourth-order valence-electron chi connectivity index (χ4n) is 1.11. The van der Waals surface area contributed by atoms with Crippen LogP contribution in [0.3, 0.4) is 0 Å². The van der Waals surface area contributed by atoms with Crippen molar-refractivity contribution in [2.24, 2.45) is 0 Å². The van der Waals surface area contributed by atoms with Crippen molar-refractivity contribution in [1.82, 2.24) is 14.8 Å². The lowest BCUT2D eigenvalue weighted by atomic mass is 10.5. The summed E-state index contributed by atoms with van der Waals surface area (Å²) in [6, 6.07) is 8.28. The topological polar surface area (TPSA) is 74.5 Å². The lowest BCUT2D eigenvalue weighted by molar-refractivity contribution is 0.814. The SMILES string of the molecule is N#Cc1cc(=O)n(-c2ccccn2)[nH]1. The summed E-state index contributed by atoms with van der Waals surface area (Å²) >= 11 is 0. The summed E-state index contributed by atoms with van der Waals surface area (Å²) in [7, 11) is 0. The highest BCUT2D eigenvalue weighted by Crippen LogP contribution is 1.98. The molecule has 0 saturated heterocycles. The molecule has 0 bridgehead atoms. The van der Waals surface area contributed by atoms with Crippen LogP contribution in [0.15, 0.2) is 35.3 Å². The van der Waals surface area contributed by atoms with Crippen molar-refractivity contribution in [3.63, 3.8) is 0 Å². The van der Waals surface area contributed by atoms with E-state index in [0.717, 1.165) is 0 Å². The summed E-state index contributed by atoms with van der Waals surface area (Å²) in [5, 5.41) is 11.2. The molecule has 0 amide bonds. The van der Waals surface area contributed by atoms with Crippen LogP contribution in [0.4, 0.5) is 0 Å². The Balaban J connectivity index is 2.59. The zero-order valence-electron chi connectivity index (χ0n) is 7.14. The molecule has 5 heteroatoms. The Morgan fingerprint density at radius 3 is 2.93 bits per heavy atom. The van der Waals surface area contributed by atoms with Crippen molar-refractivity contribution >= 4 is 0 Å². The second kappa shape index (κ2) is 3.18. The van der Waals surface area contributed by atoms with E-state index in [0.29, 0.717) is 5.82 Å². The van der Waals surface area contributed by atoms with Gasteiger partial charge < -0.3 is 0 Å². The van der Waals surface area contributed by atoms with Gasteiger partial charge in [0.1, 0.15) is 11.8 Å². The van der Waals surface area contributed by atoms with Crippen LogP contribution < -0.4 is 5.56 Å². The Morgan fingerprint density at radius 1 is 1.50 bits per heavy atom. The number of hydrogen-bond donors (Lipinski definition) is 1. The first-order valence-corrected chi connectivity index (χ1v) is 3.95. The van der Waals surface area contributed by atoms with Gasteiger partial charge in [0.2, 0.25) is 0 Å². The molecule has 14 heavy (non-hydrogen) atoms. The first-order chi connectivity index (χ1) is 6.81. The van der Waals surface area contributed by atoms with Gasteiger partial charge in [0, 0.05) is 12.3 Å². The van der Waals surface area contributed by atoms with Crippen LogP contribution in [0.25, 0.3) is 5.82 Å². The van der Waals surface area contributed by atoms with Crippen LogP contribution in [0, 0.1) is 11.3 Å².